The third kappa shape index (κ3) is 6.13. The highest BCUT2D eigenvalue weighted by Gasteiger charge is 2.10. The molecule has 0 aliphatic heterocycles. The molecule has 0 radical (unpaired) electrons. The third-order valence-corrected chi connectivity index (χ3v) is 4.52. The minimum atomic E-state index is -0.307. The van der Waals surface area contributed by atoms with Crippen molar-refractivity contribution in [3.05, 3.63) is 78.0 Å². The van der Waals surface area contributed by atoms with Crippen molar-refractivity contribution in [1.29, 1.82) is 5.41 Å². The summed E-state index contributed by atoms with van der Waals surface area (Å²) in [6, 6.07) is 8.15. The van der Waals surface area contributed by atoms with Gasteiger partial charge in [-0.1, -0.05) is 35.3 Å². The Balaban J connectivity index is 1.69. The van der Waals surface area contributed by atoms with Crippen LogP contribution in [0.5, 0.6) is 0 Å². The summed E-state index contributed by atoms with van der Waals surface area (Å²) in [7, 11) is 0. The lowest BCUT2D eigenvalue weighted by atomic mass is 10.2. The van der Waals surface area contributed by atoms with Crippen LogP contribution in [0.25, 0.3) is 5.70 Å². The van der Waals surface area contributed by atoms with Gasteiger partial charge in [0.2, 0.25) is 0 Å². The lowest BCUT2D eigenvalue weighted by Gasteiger charge is -2.10. The van der Waals surface area contributed by atoms with Crippen molar-refractivity contribution >= 4 is 29.0 Å². The summed E-state index contributed by atoms with van der Waals surface area (Å²) in [5.41, 5.74) is 2.36. The first kappa shape index (κ1) is 21.5. The number of hydrogen-bond donors (Lipinski definition) is 4. The largest absolute Gasteiger partial charge is 0.381 e. The fourth-order valence-electron chi connectivity index (χ4n) is 2.53. The Morgan fingerprint density at radius 2 is 2.00 bits per heavy atom. The molecule has 4 N–H and O–H groups in total. The van der Waals surface area contributed by atoms with Gasteiger partial charge in [-0.15, -0.1) is 0 Å². The number of hydrogen-bond acceptors (Lipinski definition) is 9. The van der Waals surface area contributed by atoms with E-state index in [0.717, 1.165) is 18.8 Å². The zero-order valence-corrected chi connectivity index (χ0v) is 17.2. The second-order valence-electron chi connectivity index (χ2n) is 6.12. The maximum Gasteiger partial charge on any atom is 0.177 e. The molecule has 0 spiro atoms. The first-order valence-corrected chi connectivity index (χ1v) is 10.4. The molecule has 0 fully saturated rings. The van der Waals surface area contributed by atoms with Crippen molar-refractivity contribution in [2.45, 2.75) is 6.54 Å². The van der Waals surface area contributed by atoms with Crippen molar-refractivity contribution in [3.8, 4) is 0 Å². The van der Waals surface area contributed by atoms with Crippen molar-refractivity contribution in [2.75, 3.05) is 24.7 Å². The average Bonchev–Trinajstić information content (AvgIpc) is 3.30. The molecule has 2 aromatic heterocycles. The molecule has 1 aromatic carbocycles. The average molecular weight is 428 g/mol. The van der Waals surface area contributed by atoms with Crippen molar-refractivity contribution in [1.82, 2.24) is 25.2 Å². The van der Waals surface area contributed by atoms with Gasteiger partial charge in [-0.2, -0.15) is 0 Å². The summed E-state index contributed by atoms with van der Waals surface area (Å²) in [6.07, 6.45) is 8.21. The van der Waals surface area contributed by atoms with Gasteiger partial charge >= 0.3 is 0 Å². The van der Waals surface area contributed by atoms with E-state index < -0.39 is 0 Å². The summed E-state index contributed by atoms with van der Waals surface area (Å²) in [4.78, 5) is 8.49. The lowest BCUT2D eigenvalue weighted by Crippen LogP contribution is -2.17. The van der Waals surface area contributed by atoms with Crippen LogP contribution in [-0.4, -0.2) is 40.2 Å². The smallest absolute Gasteiger partial charge is 0.177 e. The molecular formula is C20H22FN7OS. The maximum absolute atomic E-state index is 13.9. The fourth-order valence-corrected chi connectivity index (χ4v) is 2.83. The quantitative estimate of drug-likeness (QED) is 0.210. The Morgan fingerprint density at radius 3 is 2.70 bits per heavy atom. The highest BCUT2D eigenvalue weighted by molar-refractivity contribution is 7.96. The van der Waals surface area contributed by atoms with Crippen LogP contribution in [-0.2, 0) is 6.54 Å². The lowest BCUT2D eigenvalue weighted by molar-refractivity contribution is 0.417. The second-order valence-corrected chi connectivity index (χ2v) is 6.82. The Bertz CT molecular complexity index is 977. The van der Waals surface area contributed by atoms with E-state index >= 15 is 0 Å². The molecule has 0 bridgehead atoms. The molecule has 3 rings (SSSR count). The van der Waals surface area contributed by atoms with Crippen LogP contribution in [0.1, 0.15) is 17.1 Å². The highest BCUT2D eigenvalue weighted by atomic mass is 32.2. The van der Waals surface area contributed by atoms with Crippen LogP contribution in [0.3, 0.4) is 0 Å². The molecule has 0 aliphatic carbocycles. The number of allylic oxidation sites excluding steroid dienone is 1. The SMILES string of the molecule is CSNCCNc1cnc(C(=N)/C=C(\NCc2ccccc2F)c2ccon2)nc1. The summed E-state index contributed by atoms with van der Waals surface area (Å²) >= 11 is 1.56. The molecule has 2 heterocycles. The molecule has 0 unspecified atom stereocenters. The minimum Gasteiger partial charge on any atom is -0.381 e. The van der Waals surface area contributed by atoms with Gasteiger partial charge in [-0.3, -0.25) is 10.1 Å². The number of aromatic nitrogens is 3. The van der Waals surface area contributed by atoms with E-state index in [1.807, 2.05) is 6.26 Å². The minimum absolute atomic E-state index is 0.0876. The zero-order chi connectivity index (χ0) is 21.2. The topological polar surface area (TPSA) is 112 Å². The van der Waals surface area contributed by atoms with Crippen molar-refractivity contribution in [2.24, 2.45) is 0 Å². The summed E-state index contributed by atoms with van der Waals surface area (Å²) in [5, 5.41) is 18.6. The van der Waals surface area contributed by atoms with Gasteiger partial charge in [0, 0.05) is 31.3 Å². The van der Waals surface area contributed by atoms with Crippen molar-refractivity contribution < 1.29 is 8.91 Å². The van der Waals surface area contributed by atoms with E-state index in [-0.39, 0.29) is 23.9 Å². The number of halogens is 1. The van der Waals surface area contributed by atoms with Crippen LogP contribution >= 0.6 is 11.9 Å². The maximum atomic E-state index is 13.9. The van der Waals surface area contributed by atoms with E-state index in [1.165, 1.54) is 12.3 Å². The van der Waals surface area contributed by atoms with Gasteiger partial charge in [-0.25, -0.2) is 14.4 Å². The Morgan fingerprint density at radius 1 is 1.20 bits per heavy atom. The Labute approximate surface area is 178 Å². The molecule has 0 atom stereocenters. The Hall–Kier alpha value is -3.24. The second kappa shape index (κ2) is 11.1. The third-order valence-electron chi connectivity index (χ3n) is 4.02. The van der Waals surface area contributed by atoms with Gasteiger partial charge in [0.05, 0.1) is 23.8 Å². The van der Waals surface area contributed by atoms with Crippen LogP contribution in [0.2, 0.25) is 0 Å². The molecule has 8 nitrogen and oxygen atoms in total. The number of rotatable bonds is 11. The standard InChI is InChI=1S/C20H22FN7OS/c1-30-27-8-7-23-15-12-25-20(26-13-15)17(22)10-19(18-6-9-29-28-18)24-11-14-4-2-3-5-16(14)21/h2-6,9-10,12-13,22-24,27H,7-8,11H2,1H3/b19-10-,22-17?. The van der Waals surface area contributed by atoms with Crippen LogP contribution in [0.15, 0.2) is 59.6 Å². The molecule has 0 aliphatic rings. The van der Waals surface area contributed by atoms with Gasteiger partial charge < -0.3 is 15.2 Å². The predicted molar refractivity (Wildman–Crippen MR) is 117 cm³/mol. The highest BCUT2D eigenvalue weighted by Crippen LogP contribution is 2.13. The van der Waals surface area contributed by atoms with Gasteiger partial charge in [-0.05, 0) is 18.4 Å². The summed E-state index contributed by atoms with van der Waals surface area (Å²) in [6.45, 7) is 1.76. The van der Waals surface area contributed by atoms with E-state index in [9.17, 15) is 4.39 Å². The number of benzene rings is 1. The number of nitrogens with one attached hydrogen (secondary N) is 4. The molecule has 156 valence electrons. The van der Waals surface area contributed by atoms with Gasteiger partial charge in [0.1, 0.15) is 23.5 Å². The summed E-state index contributed by atoms with van der Waals surface area (Å²) < 4.78 is 22.0. The molecule has 0 saturated heterocycles. The van der Waals surface area contributed by atoms with E-state index in [4.69, 9.17) is 9.93 Å². The van der Waals surface area contributed by atoms with Crippen molar-refractivity contribution in [3.63, 3.8) is 0 Å². The molecule has 10 heteroatoms. The molecule has 0 amide bonds. The normalized spacial score (nSPS) is 11.3. The monoisotopic (exact) mass is 427 g/mol. The van der Waals surface area contributed by atoms with E-state index in [0.29, 0.717) is 17.0 Å². The first-order valence-electron chi connectivity index (χ1n) is 9.18. The molecular weight excluding hydrogens is 405 g/mol. The van der Waals surface area contributed by atoms with Crippen LogP contribution in [0, 0.1) is 11.2 Å². The zero-order valence-electron chi connectivity index (χ0n) is 16.4. The van der Waals surface area contributed by atoms with E-state index in [1.54, 1.807) is 54.7 Å². The van der Waals surface area contributed by atoms with Crippen LogP contribution < -0.4 is 15.4 Å². The molecule has 0 saturated carbocycles. The molecule has 3 aromatic rings. The molecule has 30 heavy (non-hydrogen) atoms. The predicted octanol–water partition coefficient (Wildman–Crippen LogP) is 3.08. The Kier molecular flexibility index (Phi) is 7.93. The van der Waals surface area contributed by atoms with E-state index in [2.05, 4.69) is 30.5 Å². The van der Waals surface area contributed by atoms with Gasteiger partial charge in [0.15, 0.2) is 5.82 Å². The number of anilines is 1. The summed E-state index contributed by atoms with van der Waals surface area (Å²) in [5.74, 6) is -0.0461. The fraction of sp³-hybridized carbons (Fsp3) is 0.200. The van der Waals surface area contributed by atoms with Crippen LogP contribution in [0.4, 0.5) is 10.1 Å². The van der Waals surface area contributed by atoms with Gasteiger partial charge in [0.25, 0.3) is 0 Å². The number of nitrogens with zero attached hydrogens (tertiary/aromatic N) is 3. The first-order chi connectivity index (χ1) is 14.7.